The number of likely N-dealkylation sites (tertiary alicyclic amines) is 1. The number of amides is 1. The highest BCUT2D eigenvalue weighted by molar-refractivity contribution is 5.92. The Kier molecular flexibility index (Phi) is 3.66. The molecule has 2 aromatic rings. The van der Waals surface area contributed by atoms with Crippen LogP contribution in [0.1, 0.15) is 47.3 Å². The Labute approximate surface area is 139 Å². The number of aryl methyl sites for hydroxylation is 2. The first kappa shape index (κ1) is 15.0. The standard InChI is InChI=1S/C16H20N6O2/c1-20-14(23)5-4-12(19-20)16(24)21-9-6-11(7-10-21)15-18-17-13-3-2-8-22(13)15/h4-5,11H,2-3,6-10H2,1H3. The molecule has 0 aromatic carbocycles. The van der Waals surface area contributed by atoms with E-state index in [1.807, 2.05) is 4.90 Å². The summed E-state index contributed by atoms with van der Waals surface area (Å²) in [7, 11) is 1.55. The summed E-state index contributed by atoms with van der Waals surface area (Å²) in [5, 5.41) is 12.7. The van der Waals surface area contributed by atoms with Crippen molar-refractivity contribution in [2.24, 2.45) is 7.05 Å². The Morgan fingerprint density at radius 3 is 2.71 bits per heavy atom. The van der Waals surface area contributed by atoms with E-state index in [-0.39, 0.29) is 11.5 Å². The fourth-order valence-corrected chi connectivity index (χ4v) is 3.59. The highest BCUT2D eigenvalue weighted by Gasteiger charge is 2.30. The molecule has 0 N–H and O–H groups in total. The van der Waals surface area contributed by atoms with Gasteiger partial charge in [0.25, 0.3) is 11.5 Å². The maximum atomic E-state index is 12.6. The first-order chi connectivity index (χ1) is 11.6. The van der Waals surface area contributed by atoms with Gasteiger partial charge in [0.1, 0.15) is 17.3 Å². The fourth-order valence-electron chi connectivity index (χ4n) is 3.59. The van der Waals surface area contributed by atoms with Gasteiger partial charge in [0.2, 0.25) is 0 Å². The number of piperidine rings is 1. The van der Waals surface area contributed by atoms with Crippen molar-refractivity contribution in [3.05, 3.63) is 39.8 Å². The van der Waals surface area contributed by atoms with Crippen molar-refractivity contribution in [2.45, 2.75) is 38.1 Å². The highest BCUT2D eigenvalue weighted by Crippen LogP contribution is 2.29. The summed E-state index contributed by atoms with van der Waals surface area (Å²) in [4.78, 5) is 25.8. The second-order valence-corrected chi connectivity index (χ2v) is 6.48. The van der Waals surface area contributed by atoms with Crippen molar-refractivity contribution >= 4 is 5.91 Å². The minimum Gasteiger partial charge on any atom is -0.337 e. The van der Waals surface area contributed by atoms with E-state index in [9.17, 15) is 9.59 Å². The van der Waals surface area contributed by atoms with E-state index < -0.39 is 0 Å². The summed E-state index contributed by atoms with van der Waals surface area (Å²) in [5.41, 5.74) is 0.102. The molecule has 24 heavy (non-hydrogen) atoms. The first-order valence-corrected chi connectivity index (χ1v) is 8.39. The molecule has 0 bridgehead atoms. The van der Waals surface area contributed by atoms with E-state index >= 15 is 0 Å². The van der Waals surface area contributed by atoms with Crippen LogP contribution in [-0.2, 0) is 20.0 Å². The molecule has 0 unspecified atom stereocenters. The average Bonchev–Trinajstić information content (AvgIpc) is 3.20. The van der Waals surface area contributed by atoms with Crippen LogP contribution < -0.4 is 5.56 Å². The number of nitrogens with zero attached hydrogens (tertiary/aromatic N) is 6. The summed E-state index contributed by atoms with van der Waals surface area (Å²) in [6.07, 6.45) is 3.93. The van der Waals surface area contributed by atoms with E-state index in [1.54, 1.807) is 7.05 Å². The molecule has 1 fully saturated rings. The molecular weight excluding hydrogens is 308 g/mol. The number of carbonyl (C=O) groups is 1. The van der Waals surface area contributed by atoms with Crippen molar-refractivity contribution < 1.29 is 4.79 Å². The van der Waals surface area contributed by atoms with Crippen LogP contribution in [0.15, 0.2) is 16.9 Å². The number of fused-ring (bicyclic) bond motifs is 1. The topological polar surface area (TPSA) is 85.9 Å². The van der Waals surface area contributed by atoms with Crippen molar-refractivity contribution in [2.75, 3.05) is 13.1 Å². The average molecular weight is 328 g/mol. The van der Waals surface area contributed by atoms with Crippen molar-refractivity contribution in [3.8, 4) is 0 Å². The van der Waals surface area contributed by atoms with Gasteiger partial charge in [-0.25, -0.2) is 4.68 Å². The summed E-state index contributed by atoms with van der Waals surface area (Å²) in [6.45, 7) is 2.37. The van der Waals surface area contributed by atoms with Gasteiger partial charge in [0.15, 0.2) is 0 Å². The number of aromatic nitrogens is 5. The van der Waals surface area contributed by atoms with Crippen LogP contribution in [-0.4, -0.2) is 48.4 Å². The summed E-state index contributed by atoms with van der Waals surface area (Å²) < 4.78 is 3.44. The predicted molar refractivity (Wildman–Crippen MR) is 85.7 cm³/mol. The molecule has 4 heterocycles. The lowest BCUT2D eigenvalue weighted by molar-refractivity contribution is 0.0701. The summed E-state index contributed by atoms with van der Waals surface area (Å²) in [5.74, 6) is 2.42. The molecule has 2 aliphatic rings. The minimum absolute atomic E-state index is 0.115. The molecule has 8 heteroatoms. The maximum Gasteiger partial charge on any atom is 0.274 e. The van der Waals surface area contributed by atoms with Crippen LogP contribution in [0.25, 0.3) is 0 Å². The highest BCUT2D eigenvalue weighted by atomic mass is 16.2. The monoisotopic (exact) mass is 328 g/mol. The number of hydrogen-bond donors (Lipinski definition) is 0. The molecule has 0 atom stereocenters. The molecule has 2 aliphatic heterocycles. The Morgan fingerprint density at radius 1 is 1.17 bits per heavy atom. The zero-order valence-corrected chi connectivity index (χ0v) is 13.7. The Balaban J connectivity index is 1.44. The van der Waals surface area contributed by atoms with Gasteiger partial charge in [0, 0.05) is 45.1 Å². The second-order valence-electron chi connectivity index (χ2n) is 6.48. The second kappa shape index (κ2) is 5.85. The third-order valence-corrected chi connectivity index (χ3v) is 4.97. The smallest absolute Gasteiger partial charge is 0.274 e. The van der Waals surface area contributed by atoms with Gasteiger partial charge in [-0.15, -0.1) is 10.2 Å². The summed E-state index contributed by atoms with van der Waals surface area (Å²) >= 11 is 0. The maximum absolute atomic E-state index is 12.6. The van der Waals surface area contributed by atoms with Gasteiger partial charge in [-0.05, 0) is 25.3 Å². The summed E-state index contributed by atoms with van der Waals surface area (Å²) in [6, 6.07) is 2.88. The van der Waals surface area contributed by atoms with Crippen LogP contribution >= 0.6 is 0 Å². The molecule has 0 saturated carbocycles. The Bertz CT molecular complexity index is 831. The fraction of sp³-hybridized carbons (Fsp3) is 0.562. The lowest BCUT2D eigenvalue weighted by Crippen LogP contribution is -2.39. The van der Waals surface area contributed by atoms with Gasteiger partial charge in [-0.1, -0.05) is 0 Å². The van der Waals surface area contributed by atoms with Crippen LogP contribution in [0, 0.1) is 0 Å². The largest absolute Gasteiger partial charge is 0.337 e. The van der Waals surface area contributed by atoms with Crippen LogP contribution in [0.5, 0.6) is 0 Å². The quantitative estimate of drug-likeness (QED) is 0.793. The molecule has 0 aliphatic carbocycles. The molecule has 0 spiro atoms. The van der Waals surface area contributed by atoms with Crippen LogP contribution in [0.2, 0.25) is 0 Å². The first-order valence-electron chi connectivity index (χ1n) is 8.39. The van der Waals surface area contributed by atoms with Gasteiger partial charge < -0.3 is 9.47 Å². The van der Waals surface area contributed by atoms with E-state index in [4.69, 9.17) is 0 Å². The SMILES string of the molecule is Cn1nc(C(=O)N2CCC(c3nnc4n3CCC4)CC2)ccc1=O. The normalized spacial score (nSPS) is 18.0. The van der Waals surface area contributed by atoms with Gasteiger partial charge in [0.05, 0.1) is 0 Å². The number of rotatable bonds is 2. The number of hydrogen-bond acceptors (Lipinski definition) is 5. The lowest BCUT2D eigenvalue weighted by atomic mass is 9.95. The molecule has 126 valence electrons. The third kappa shape index (κ3) is 2.51. The molecule has 4 rings (SSSR count). The third-order valence-electron chi connectivity index (χ3n) is 4.97. The lowest BCUT2D eigenvalue weighted by Gasteiger charge is -2.31. The van der Waals surface area contributed by atoms with E-state index in [2.05, 4.69) is 19.9 Å². The van der Waals surface area contributed by atoms with Gasteiger partial charge in [-0.2, -0.15) is 5.10 Å². The zero-order valence-electron chi connectivity index (χ0n) is 13.7. The van der Waals surface area contributed by atoms with Crippen LogP contribution in [0.3, 0.4) is 0 Å². The Morgan fingerprint density at radius 2 is 1.96 bits per heavy atom. The molecule has 0 radical (unpaired) electrons. The van der Waals surface area contributed by atoms with E-state index in [0.717, 1.165) is 43.9 Å². The molecule has 1 amide bonds. The van der Waals surface area contributed by atoms with Crippen LogP contribution in [0.4, 0.5) is 0 Å². The van der Waals surface area contributed by atoms with E-state index in [0.29, 0.717) is 24.7 Å². The molecular formula is C16H20N6O2. The molecule has 1 saturated heterocycles. The molecule has 8 nitrogen and oxygen atoms in total. The number of carbonyl (C=O) groups excluding carboxylic acids is 1. The van der Waals surface area contributed by atoms with E-state index in [1.165, 1.54) is 16.8 Å². The van der Waals surface area contributed by atoms with Gasteiger partial charge in [-0.3, -0.25) is 9.59 Å². The Hall–Kier alpha value is -2.51. The molecule has 2 aromatic heterocycles. The minimum atomic E-state index is -0.217. The van der Waals surface area contributed by atoms with Crippen molar-refractivity contribution in [1.82, 2.24) is 29.4 Å². The van der Waals surface area contributed by atoms with Gasteiger partial charge >= 0.3 is 0 Å². The van der Waals surface area contributed by atoms with Crippen molar-refractivity contribution in [1.29, 1.82) is 0 Å². The predicted octanol–water partition coefficient (Wildman–Crippen LogP) is 0.338. The zero-order chi connectivity index (χ0) is 16.7. The van der Waals surface area contributed by atoms with Crippen molar-refractivity contribution in [3.63, 3.8) is 0 Å².